The van der Waals surface area contributed by atoms with Crippen molar-refractivity contribution in [2.24, 2.45) is 5.92 Å². The number of piperidine rings is 1. The van der Waals surface area contributed by atoms with E-state index in [4.69, 9.17) is 0 Å². The molecular formula is C12H12BrF3N2O. The first-order valence-corrected chi connectivity index (χ1v) is 6.64. The van der Waals surface area contributed by atoms with Crippen molar-refractivity contribution in [1.29, 1.82) is 0 Å². The zero-order chi connectivity index (χ0) is 14.0. The Balaban J connectivity index is 2.11. The zero-order valence-electron chi connectivity index (χ0n) is 9.95. The Morgan fingerprint density at radius 1 is 1.42 bits per heavy atom. The number of amides is 1. The van der Waals surface area contributed by atoms with Crippen LogP contribution in [-0.4, -0.2) is 35.1 Å². The fourth-order valence-electron chi connectivity index (χ4n) is 2.14. The Hall–Kier alpha value is -1.11. The number of pyridine rings is 1. The third-order valence-corrected chi connectivity index (χ3v) is 3.56. The van der Waals surface area contributed by atoms with Crippen LogP contribution in [0.25, 0.3) is 0 Å². The van der Waals surface area contributed by atoms with Gasteiger partial charge in [0.2, 0.25) is 0 Å². The van der Waals surface area contributed by atoms with Crippen LogP contribution in [0, 0.1) is 5.92 Å². The third kappa shape index (κ3) is 3.46. The largest absolute Gasteiger partial charge is 0.393 e. The second-order valence-corrected chi connectivity index (χ2v) is 5.44. The predicted octanol–water partition coefficient (Wildman–Crippen LogP) is 3.26. The number of nitrogens with zero attached hydrogens (tertiary/aromatic N) is 2. The Bertz CT molecular complexity index is 478. The first-order valence-electron chi connectivity index (χ1n) is 5.84. The maximum Gasteiger partial charge on any atom is 0.393 e. The molecule has 1 atom stereocenters. The van der Waals surface area contributed by atoms with Gasteiger partial charge in [0.25, 0.3) is 5.91 Å². The van der Waals surface area contributed by atoms with Gasteiger partial charge in [0.15, 0.2) is 0 Å². The van der Waals surface area contributed by atoms with E-state index in [9.17, 15) is 18.0 Å². The summed E-state index contributed by atoms with van der Waals surface area (Å²) in [5.74, 6) is -1.83. The Morgan fingerprint density at radius 3 is 2.79 bits per heavy atom. The molecule has 19 heavy (non-hydrogen) atoms. The van der Waals surface area contributed by atoms with Crippen molar-refractivity contribution in [3.8, 4) is 0 Å². The van der Waals surface area contributed by atoms with Gasteiger partial charge in [-0.2, -0.15) is 13.2 Å². The minimum atomic E-state index is -4.24. The van der Waals surface area contributed by atoms with Crippen LogP contribution in [-0.2, 0) is 0 Å². The molecule has 7 heteroatoms. The van der Waals surface area contributed by atoms with Crippen LogP contribution in [0.15, 0.2) is 22.9 Å². The smallest absolute Gasteiger partial charge is 0.338 e. The summed E-state index contributed by atoms with van der Waals surface area (Å²) in [6.07, 6.45) is -0.897. The quantitative estimate of drug-likeness (QED) is 0.788. The lowest BCUT2D eigenvalue weighted by Gasteiger charge is -2.33. The van der Waals surface area contributed by atoms with Gasteiger partial charge < -0.3 is 4.90 Å². The van der Waals surface area contributed by atoms with Crippen molar-refractivity contribution in [2.45, 2.75) is 19.0 Å². The van der Waals surface area contributed by atoms with Crippen LogP contribution >= 0.6 is 15.9 Å². The SMILES string of the molecule is O=C(c1cncc(Br)c1)N1CCC[C@@H](C(F)(F)F)C1. The zero-order valence-corrected chi connectivity index (χ0v) is 11.5. The molecule has 1 aliphatic rings. The highest BCUT2D eigenvalue weighted by atomic mass is 79.9. The van der Waals surface area contributed by atoms with Crippen LogP contribution in [0.1, 0.15) is 23.2 Å². The van der Waals surface area contributed by atoms with Gasteiger partial charge >= 0.3 is 6.18 Å². The standard InChI is InChI=1S/C12H12BrF3N2O/c13-10-4-8(5-17-6-10)11(19)18-3-1-2-9(7-18)12(14,15)16/h4-6,9H,1-3,7H2/t9-/m1/s1. The fraction of sp³-hybridized carbons (Fsp3) is 0.500. The summed E-state index contributed by atoms with van der Waals surface area (Å²) >= 11 is 3.18. The van der Waals surface area contributed by atoms with Gasteiger partial charge in [-0.3, -0.25) is 9.78 Å². The molecule has 0 aromatic carbocycles. The topological polar surface area (TPSA) is 33.2 Å². The molecule has 0 radical (unpaired) electrons. The summed E-state index contributed by atoms with van der Waals surface area (Å²) < 4.78 is 38.7. The minimum absolute atomic E-state index is 0.0873. The molecule has 1 amide bonds. The van der Waals surface area contributed by atoms with E-state index in [-0.39, 0.29) is 13.0 Å². The maximum atomic E-state index is 12.7. The summed E-state index contributed by atoms with van der Waals surface area (Å²) in [7, 11) is 0. The van der Waals surface area contributed by atoms with Gasteiger partial charge in [-0.15, -0.1) is 0 Å². The van der Waals surface area contributed by atoms with Gasteiger partial charge in [0.1, 0.15) is 0 Å². The lowest BCUT2D eigenvalue weighted by Crippen LogP contribution is -2.44. The molecule has 1 saturated heterocycles. The number of carbonyl (C=O) groups excluding carboxylic acids is 1. The number of likely N-dealkylation sites (tertiary alicyclic amines) is 1. The monoisotopic (exact) mass is 336 g/mol. The van der Waals surface area contributed by atoms with Crippen molar-refractivity contribution in [2.75, 3.05) is 13.1 Å². The number of alkyl halides is 3. The normalized spacial score (nSPS) is 20.4. The molecular weight excluding hydrogens is 325 g/mol. The second kappa shape index (κ2) is 5.48. The van der Waals surface area contributed by atoms with E-state index in [1.807, 2.05) is 0 Å². The van der Waals surface area contributed by atoms with Gasteiger partial charge in [-0.25, -0.2) is 0 Å². The second-order valence-electron chi connectivity index (χ2n) is 4.52. The molecule has 0 bridgehead atoms. The Labute approximate surface area is 116 Å². The van der Waals surface area contributed by atoms with E-state index >= 15 is 0 Å². The van der Waals surface area contributed by atoms with Crippen molar-refractivity contribution >= 4 is 21.8 Å². The van der Waals surface area contributed by atoms with Crippen molar-refractivity contribution in [3.05, 3.63) is 28.5 Å². The number of hydrogen-bond donors (Lipinski definition) is 0. The van der Waals surface area contributed by atoms with Crippen LogP contribution in [0.4, 0.5) is 13.2 Å². The molecule has 3 nitrogen and oxygen atoms in total. The van der Waals surface area contributed by atoms with Gasteiger partial charge in [-0.1, -0.05) is 0 Å². The average molecular weight is 337 g/mol. The predicted molar refractivity (Wildman–Crippen MR) is 66.6 cm³/mol. The molecule has 1 aromatic rings. The van der Waals surface area contributed by atoms with E-state index in [0.717, 1.165) is 0 Å². The Morgan fingerprint density at radius 2 is 2.16 bits per heavy atom. The van der Waals surface area contributed by atoms with E-state index in [2.05, 4.69) is 20.9 Å². The lowest BCUT2D eigenvalue weighted by molar-refractivity contribution is -0.184. The Kier molecular flexibility index (Phi) is 4.13. The van der Waals surface area contributed by atoms with Crippen molar-refractivity contribution in [3.63, 3.8) is 0 Å². The molecule has 2 rings (SSSR count). The van der Waals surface area contributed by atoms with E-state index in [1.165, 1.54) is 17.3 Å². The lowest BCUT2D eigenvalue weighted by atomic mass is 9.97. The van der Waals surface area contributed by atoms with Gasteiger partial charge in [0.05, 0.1) is 11.5 Å². The summed E-state index contributed by atoms with van der Waals surface area (Å²) in [6, 6.07) is 1.56. The maximum absolute atomic E-state index is 12.7. The van der Waals surface area contributed by atoms with Crippen LogP contribution in [0.3, 0.4) is 0 Å². The molecule has 1 aromatic heterocycles. The number of hydrogen-bond acceptors (Lipinski definition) is 2. The average Bonchev–Trinajstić information content (AvgIpc) is 2.37. The van der Waals surface area contributed by atoms with Gasteiger partial charge in [-0.05, 0) is 34.8 Å². The van der Waals surface area contributed by atoms with Crippen LogP contribution in [0.2, 0.25) is 0 Å². The molecule has 0 aliphatic carbocycles. The molecule has 2 heterocycles. The van der Waals surface area contributed by atoms with Crippen molar-refractivity contribution < 1.29 is 18.0 Å². The summed E-state index contributed by atoms with van der Waals surface area (Å²) in [5.41, 5.74) is 0.303. The number of rotatable bonds is 1. The highest BCUT2D eigenvalue weighted by Gasteiger charge is 2.42. The minimum Gasteiger partial charge on any atom is -0.338 e. The molecule has 0 spiro atoms. The third-order valence-electron chi connectivity index (χ3n) is 3.12. The number of aromatic nitrogens is 1. The highest BCUT2D eigenvalue weighted by Crippen LogP contribution is 2.33. The van der Waals surface area contributed by atoms with E-state index < -0.39 is 18.0 Å². The number of carbonyl (C=O) groups is 1. The molecule has 104 valence electrons. The van der Waals surface area contributed by atoms with E-state index in [0.29, 0.717) is 23.0 Å². The molecule has 1 fully saturated rings. The fourth-order valence-corrected chi connectivity index (χ4v) is 2.51. The summed E-state index contributed by atoms with van der Waals surface area (Å²) in [5, 5.41) is 0. The molecule has 0 N–H and O–H groups in total. The van der Waals surface area contributed by atoms with Crippen molar-refractivity contribution in [1.82, 2.24) is 9.88 Å². The summed E-state index contributed by atoms with van der Waals surface area (Å²) in [4.78, 5) is 17.2. The molecule has 0 saturated carbocycles. The first kappa shape index (κ1) is 14.3. The molecule has 1 aliphatic heterocycles. The van der Waals surface area contributed by atoms with E-state index in [1.54, 1.807) is 6.07 Å². The highest BCUT2D eigenvalue weighted by molar-refractivity contribution is 9.10. The number of halogens is 4. The summed E-state index contributed by atoms with van der Waals surface area (Å²) in [6.45, 7) is 0.0901. The van der Waals surface area contributed by atoms with Gasteiger partial charge in [0, 0.05) is 30.0 Å². The molecule has 0 unspecified atom stereocenters. The van der Waals surface area contributed by atoms with Crippen LogP contribution in [0.5, 0.6) is 0 Å². The first-order chi connectivity index (χ1) is 8.88. The van der Waals surface area contributed by atoms with Crippen LogP contribution < -0.4 is 0 Å².